The van der Waals surface area contributed by atoms with Gasteiger partial charge in [0, 0.05) is 18.1 Å². The lowest BCUT2D eigenvalue weighted by molar-refractivity contribution is -0.136. The number of benzene rings is 1. The first-order valence-corrected chi connectivity index (χ1v) is 10.6. The molecule has 7 nitrogen and oxygen atoms in total. The fourth-order valence-electron chi connectivity index (χ4n) is 3.12. The molecule has 0 bridgehead atoms. The minimum absolute atomic E-state index is 0.0221. The highest BCUT2D eigenvalue weighted by molar-refractivity contribution is 7.99. The summed E-state index contributed by atoms with van der Waals surface area (Å²) < 4.78 is 11.1. The maximum Gasteiger partial charge on any atom is 0.304 e. The molecule has 8 heteroatoms. The van der Waals surface area contributed by atoms with E-state index in [0.29, 0.717) is 17.9 Å². The van der Waals surface area contributed by atoms with Crippen LogP contribution in [0.25, 0.3) is 0 Å². The van der Waals surface area contributed by atoms with Gasteiger partial charge < -0.3 is 24.8 Å². The third kappa shape index (κ3) is 7.79. The number of Topliss-reactive ketones (excluding diaryl/α,β-unsaturated/α-hetero) is 1. The van der Waals surface area contributed by atoms with Crippen LogP contribution in [-0.4, -0.2) is 70.1 Å². The fraction of sp³-hybridized carbons (Fsp3) is 0.600. The Labute approximate surface area is 169 Å². The van der Waals surface area contributed by atoms with Crippen molar-refractivity contribution < 1.29 is 34.4 Å². The Morgan fingerprint density at radius 1 is 1.21 bits per heavy atom. The third-order valence-corrected chi connectivity index (χ3v) is 5.60. The molecule has 1 aromatic carbocycles. The van der Waals surface area contributed by atoms with Gasteiger partial charge in [0.15, 0.2) is 0 Å². The SMILES string of the molecule is O=C(O)CCSCCCC1C(=O)CC(O)C1OCC(O)COc1ccccc1. The van der Waals surface area contributed by atoms with E-state index in [1.54, 1.807) is 12.1 Å². The summed E-state index contributed by atoms with van der Waals surface area (Å²) in [4.78, 5) is 22.6. The number of para-hydroxylation sites is 1. The van der Waals surface area contributed by atoms with E-state index < -0.39 is 30.2 Å². The van der Waals surface area contributed by atoms with Gasteiger partial charge in [-0.15, -0.1) is 0 Å². The zero-order valence-corrected chi connectivity index (χ0v) is 16.6. The summed E-state index contributed by atoms with van der Waals surface area (Å²) in [5, 5.41) is 28.8. The summed E-state index contributed by atoms with van der Waals surface area (Å²) in [6.07, 6.45) is -0.833. The lowest BCUT2D eigenvalue weighted by Gasteiger charge is -2.23. The maximum atomic E-state index is 12.1. The lowest BCUT2D eigenvalue weighted by atomic mass is 9.98. The number of carboxylic acids is 1. The van der Waals surface area contributed by atoms with Crippen LogP contribution in [0.2, 0.25) is 0 Å². The first-order chi connectivity index (χ1) is 13.5. The van der Waals surface area contributed by atoms with Crippen molar-refractivity contribution in [1.82, 2.24) is 0 Å². The molecule has 2 rings (SSSR count). The summed E-state index contributed by atoms with van der Waals surface area (Å²) in [7, 11) is 0. The van der Waals surface area contributed by atoms with E-state index in [1.165, 1.54) is 11.8 Å². The summed E-state index contributed by atoms with van der Waals surface area (Å²) in [5.74, 6) is 0.721. The van der Waals surface area contributed by atoms with Gasteiger partial charge in [-0.3, -0.25) is 9.59 Å². The summed E-state index contributed by atoms with van der Waals surface area (Å²) in [6, 6.07) is 9.12. The zero-order valence-electron chi connectivity index (χ0n) is 15.7. The molecule has 1 saturated carbocycles. The molecule has 0 saturated heterocycles. The number of aliphatic hydroxyl groups is 2. The quantitative estimate of drug-likeness (QED) is 0.420. The predicted octanol–water partition coefficient (Wildman–Crippen LogP) is 1.75. The fourth-order valence-corrected chi connectivity index (χ4v) is 4.02. The first-order valence-electron chi connectivity index (χ1n) is 9.45. The number of carbonyl (C=O) groups is 2. The molecule has 0 radical (unpaired) electrons. The topological polar surface area (TPSA) is 113 Å². The van der Waals surface area contributed by atoms with E-state index in [-0.39, 0.29) is 31.8 Å². The molecule has 0 heterocycles. The van der Waals surface area contributed by atoms with Crippen molar-refractivity contribution in [2.45, 2.75) is 44.0 Å². The van der Waals surface area contributed by atoms with E-state index in [9.17, 15) is 19.8 Å². The van der Waals surface area contributed by atoms with Crippen LogP contribution >= 0.6 is 11.8 Å². The molecule has 156 valence electrons. The summed E-state index contributed by atoms with van der Waals surface area (Å²) in [5.41, 5.74) is 0. The highest BCUT2D eigenvalue weighted by Crippen LogP contribution is 2.30. The van der Waals surface area contributed by atoms with Crippen LogP contribution in [0.3, 0.4) is 0 Å². The molecule has 0 amide bonds. The third-order valence-electron chi connectivity index (χ3n) is 4.53. The molecule has 1 aromatic rings. The number of hydrogen-bond acceptors (Lipinski definition) is 7. The van der Waals surface area contributed by atoms with Crippen LogP contribution in [0.5, 0.6) is 5.75 Å². The number of hydrogen-bond donors (Lipinski definition) is 3. The second-order valence-electron chi connectivity index (χ2n) is 6.82. The minimum Gasteiger partial charge on any atom is -0.491 e. The Kier molecular flexibility index (Phi) is 9.77. The van der Waals surface area contributed by atoms with Crippen LogP contribution in [0.1, 0.15) is 25.7 Å². The predicted molar refractivity (Wildman–Crippen MR) is 106 cm³/mol. The minimum atomic E-state index is -0.865. The van der Waals surface area contributed by atoms with Gasteiger partial charge in [-0.2, -0.15) is 11.8 Å². The van der Waals surface area contributed by atoms with E-state index in [0.717, 1.165) is 12.2 Å². The smallest absolute Gasteiger partial charge is 0.304 e. The number of ketones is 1. The summed E-state index contributed by atoms with van der Waals surface area (Å²) >= 11 is 1.54. The van der Waals surface area contributed by atoms with E-state index in [4.69, 9.17) is 14.6 Å². The van der Waals surface area contributed by atoms with E-state index >= 15 is 0 Å². The van der Waals surface area contributed by atoms with Crippen molar-refractivity contribution in [2.24, 2.45) is 5.92 Å². The van der Waals surface area contributed by atoms with Crippen molar-refractivity contribution >= 4 is 23.5 Å². The molecule has 3 N–H and O–H groups in total. The summed E-state index contributed by atoms with van der Waals surface area (Å²) in [6.45, 7) is 0.0390. The van der Waals surface area contributed by atoms with Crippen molar-refractivity contribution in [3.63, 3.8) is 0 Å². The van der Waals surface area contributed by atoms with Crippen LogP contribution in [-0.2, 0) is 14.3 Å². The molecule has 1 aliphatic carbocycles. The van der Waals surface area contributed by atoms with Gasteiger partial charge in [-0.25, -0.2) is 0 Å². The number of thioether (sulfide) groups is 1. The van der Waals surface area contributed by atoms with Gasteiger partial charge in [0.2, 0.25) is 0 Å². The second-order valence-corrected chi connectivity index (χ2v) is 8.04. The maximum absolute atomic E-state index is 12.1. The van der Waals surface area contributed by atoms with Crippen molar-refractivity contribution in [2.75, 3.05) is 24.7 Å². The zero-order chi connectivity index (χ0) is 20.4. The highest BCUT2D eigenvalue weighted by Gasteiger charge is 2.42. The lowest BCUT2D eigenvalue weighted by Crippen LogP contribution is -2.34. The van der Waals surface area contributed by atoms with E-state index in [2.05, 4.69) is 0 Å². The van der Waals surface area contributed by atoms with Gasteiger partial charge in [-0.05, 0) is 30.7 Å². The number of aliphatic carboxylic acids is 1. The Balaban J connectivity index is 1.70. The van der Waals surface area contributed by atoms with Gasteiger partial charge >= 0.3 is 5.97 Å². The van der Waals surface area contributed by atoms with Crippen LogP contribution < -0.4 is 4.74 Å². The Hall–Kier alpha value is -1.61. The highest BCUT2D eigenvalue weighted by atomic mass is 32.2. The number of carboxylic acid groups (broad SMARTS) is 1. The molecule has 4 unspecified atom stereocenters. The molecule has 0 spiro atoms. The molecule has 28 heavy (non-hydrogen) atoms. The van der Waals surface area contributed by atoms with Gasteiger partial charge in [0.1, 0.15) is 24.2 Å². The number of rotatable bonds is 13. The van der Waals surface area contributed by atoms with Crippen LogP contribution in [0.15, 0.2) is 30.3 Å². The number of carbonyl (C=O) groups excluding carboxylic acids is 1. The van der Waals surface area contributed by atoms with Crippen LogP contribution in [0.4, 0.5) is 0 Å². The van der Waals surface area contributed by atoms with Crippen LogP contribution in [0, 0.1) is 5.92 Å². The molecule has 1 aliphatic rings. The van der Waals surface area contributed by atoms with Crippen molar-refractivity contribution in [3.05, 3.63) is 30.3 Å². The Morgan fingerprint density at radius 3 is 2.68 bits per heavy atom. The molecule has 1 fully saturated rings. The monoisotopic (exact) mass is 412 g/mol. The molecular formula is C20H28O7S. The average molecular weight is 413 g/mol. The standard InChI is InChI=1S/C20H28O7S/c21-14(12-26-15-5-2-1-3-6-15)13-27-20-16(17(22)11-18(20)23)7-4-9-28-10-8-19(24)25/h1-3,5-6,14,16,18,20-21,23H,4,7-13H2,(H,24,25). The van der Waals surface area contributed by atoms with Crippen molar-refractivity contribution in [3.8, 4) is 5.75 Å². The van der Waals surface area contributed by atoms with Gasteiger partial charge in [-0.1, -0.05) is 18.2 Å². The molecule has 0 aromatic heterocycles. The molecule has 4 atom stereocenters. The first kappa shape index (κ1) is 22.7. The second kappa shape index (κ2) is 12.1. The van der Waals surface area contributed by atoms with E-state index in [1.807, 2.05) is 18.2 Å². The molecular weight excluding hydrogens is 384 g/mol. The van der Waals surface area contributed by atoms with Gasteiger partial charge in [0.25, 0.3) is 0 Å². The number of ether oxygens (including phenoxy) is 2. The average Bonchev–Trinajstić information content (AvgIpc) is 2.94. The number of aliphatic hydroxyl groups excluding tert-OH is 2. The van der Waals surface area contributed by atoms with Crippen molar-refractivity contribution in [1.29, 1.82) is 0 Å². The molecule has 0 aliphatic heterocycles. The van der Waals surface area contributed by atoms with Gasteiger partial charge in [0.05, 0.1) is 25.2 Å². The largest absolute Gasteiger partial charge is 0.491 e. The Bertz CT molecular complexity index is 610. The normalized spacial score (nSPS) is 22.9. The Morgan fingerprint density at radius 2 is 1.96 bits per heavy atom.